The molecule has 0 bridgehead atoms. The largest absolute Gasteiger partial charge is 0.294 e. The topological polar surface area (TPSA) is 3.24 Å². The van der Waals surface area contributed by atoms with Gasteiger partial charge in [0, 0.05) is 35.2 Å². The third-order valence-corrected chi connectivity index (χ3v) is 3.85. The summed E-state index contributed by atoms with van der Waals surface area (Å²) in [6.45, 7) is 10.2. The molecule has 0 radical (unpaired) electrons. The summed E-state index contributed by atoms with van der Waals surface area (Å²) < 4.78 is 0. The van der Waals surface area contributed by atoms with Crippen LogP contribution >= 0.6 is 23.4 Å². The van der Waals surface area contributed by atoms with Gasteiger partial charge in [-0.1, -0.05) is 25.1 Å². The standard InChI is InChI=1S/C9H16ClNS/c1-7(10)6-11-4-5-12-9(3)8(11)2/h8-9H,1,4-6H2,2-3H3. The summed E-state index contributed by atoms with van der Waals surface area (Å²) in [5.41, 5.74) is 0. The molecule has 0 aromatic heterocycles. The van der Waals surface area contributed by atoms with Crippen molar-refractivity contribution in [3.05, 3.63) is 11.6 Å². The molecule has 0 aromatic rings. The van der Waals surface area contributed by atoms with Gasteiger partial charge in [-0.25, -0.2) is 0 Å². The van der Waals surface area contributed by atoms with Gasteiger partial charge in [-0.15, -0.1) is 0 Å². The molecule has 0 amide bonds. The Balaban J connectivity index is 2.46. The van der Waals surface area contributed by atoms with Crippen molar-refractivity contribution in [1.29, 1.82) is 0 Å². The van der Waals surface area contributed by atoms with Crippen LogP contribution in [-0.2, 0) is 0 Å². The number of hydrogen-bond acceptors (Lipinski definition) is 2. The van der Waals surface area contributed by atoms with Crippen molar-refractivity contribution in [2.75, 3.05) is 18.8 Å². The molecule has 0 aliphatic carbocycles. The first kappa shape index (κ1) is 10.4. The lowest BCUT2D eigenvalue weighted by Crippen LogP contribution is -2.44. The second kappa shape index (κ2) is 4.54. The van der Waals surface area contributed by atoms with Crippen LogP contribution in [0.2, 0.25) is 0 Å². The summed E-state index contributed by atoms with van der Waals surface area (Å²) in [7, 11) is 0. The van der Waals surface area contributed by atoms with E-state index in [9.17, 15) is 0 Å². The quantitative estimate of drug-likeness (QED) is 0.682. The minimum atomic E-state index is 0.624. The average molecular weight is 206 g/mol. The van der Waals surface area contributed by atoms with E-state index in [-0.39, 0.29) is 0 Å². The van der Waals surface area contributed by atoms with E-state index >= 15 is 0 Å². The molecular formula is C9H16ClNS. The zero-order valence-corrected chi connectivity index (χ0v) is 9.29. The van der Waals surface area contributed by atoms with Gasteiger partial charge in [-0.2, -0.15) is 11.8 Å². The summed E-state index contributed by atoms with van der Waals surface area (Å²) in [5.74, 6) is 1.22. The summed E-state index contributed by atoms with van der Waals surface area (Å²) in [6, 6.07) is 0.624. The summed E-state index contributed by atoms with van der Waals surface area (Å²) in [6.07, 6.45) is 0. The summed E-state index contributed by atoms with van der Waals surface area (Å²) in [4.78, 5) is 2.40. The Morgan fingerprint density at radius 3 is 2.92 bits per heavy atom. The molecule has 1 rings (SSSR count). The first-order valence-corrected chi connectivity index (χ1v) is 5.73. The summed E-state index contributed by atoms with van der Waals surface area (Å²) >= 11 is 7.82. The van der Waals surface area contributed by atoms with Crippen molar-refractivity contribution < 1.29 is 0 Å². The molecule has 2 unspecified atom stereocenters. The normalized spacial score (nSPS) is 31.9. The Morgan fingerprint density at radius 2 is 2.33 bits per heavy atom. The number of rotatable bonds is 2. The van der Waals surface area contributed by atoms with Gasteiger partial charge >= 0.3 is 0 Å². The molecule has 70 valence electrons. The van der Waals surface area contributed by atoms with E-state index in [0.717, 1.165) is 23.4 Å². The fourth-order valence-corrected chi connectivity index (χ4v) is 2.75. The first-order valence-electron chi connectivity index (χ1n) is 4.30. The molecule has 3 heteroatoms. The summed E-state index contributed by atoms with van der Waals surface area (Å²) in [5, 5.41) is 1.47. The van der Waals surface area contributed by atoms with Crippen LogP contribution < -0.4 is 0 Å². The Bertz CT molecular complexity index is 172. The van der Waals surface area contributed by atoms with E-state index in [0.29, 0.717) is 6.04 Å². The smallest absolute Gasteiger partial charge is 0.0339 e. The molecule has 1 saturated heterocycles. The molecule has 1 aliphatic heterocycles. The van der Waals surface area contributed by atoms with Crippen molar-refractivity contribution in [3.8, 4) is 0 Å². The van der Waals surface area contributed by atoms with Crippen LogP contribution in [-0.4, -0.2) is 35.0 Å². The Morgan fingerprint density at radius 1 is 1.67 bits per heavy atom. The van der Waals surface area contributed by atoms with Crippen LogP contribution in [0.5, 0.6) is 0 Å². The molecule has 0 saturated carbocycles. The first-order chi connectivity index (χ1) is 5.61. The third kappa shape index (κ3) is 2.68. The molecule has 1 heterocycles. The highest BCUT2D eigenvalue weighted by atomic mass is 35.5. The lowest BCUT2D eigenvalue weighted by molar-refractivity contribution is 0.234. The lowest BCUT2D eigenvalue weighted by Gasteiger charge is -2.37. The number of nitrogens with zero attached hydrogens (tertiary/aromatic N) is 1. The second-order valence-corrected chi connectivity index (χ2v) is 5.32. The van der Waals surface area contributed by atoms with Gasteiger partial charge in [0.25, 0.3) is 0 Å². The molecule has 1 aliphatic rings. The van der Waals surface area contributed by atoms with Crippen LogP contribution in [0, 0.1) is 0 Å². The zero-order valence-electron chi connectivity index (χ0n) is 7.72. The minimum absolute atomic E-state index is 0.624. The van der Waals surface area contributed by atoms with E-state index in [4.69, 9.17) is 11.6 Å². The number of hydrogen-bond donors (Lipinski definition) is 0. The van der Waals surface area contributed by atoms with Gasteiger partial charge < -0.3 is 0 Å². The van der Waals surface area contributed by atoms with Gasteiger partial charge in [0.15, 0.2) is 0 Å². The highest BCUT2D eigenvalue weighted by Crippen LogP contribution is 2.24. The van der Waals surface area contributed by atoms with Crippen molar-refractivity contribution >= 4 is 23.4 Å². The Labute approximate surface area is 84.1 Å². The monoisotopic (exact) mass is 205 g/mol. The Kier molecular flexibility index (Phi) is 3.94. The molecular weight excluding hydrogens is 190 g/mol. The Hall–Kier alpha value is 0.340. The van der Waals surface area contributed by atoms with Crippen molar-refractivity contribution in [3.63, 3.8) is 0 Å². The van der Waals surface area contributed by atoms with Crippen LogP contribution in [0.15, 0.2) is 11.6 Å². The van der Waals surface area contributed by atoms with Crippen molar-refractivity contribution in [1.82, 2.24) is 4.90 Å². The molecule has 1 nitrogen and oxygen atoms in total. The molecule has 0 aromatic carbocycles. The van der Waals surface area contributed by atoms with Crippen molar-refractivity contribution in [2.45, 2.75) is 25.1 Å². The van der Waals surface area contributed by atoms with Crippen LogP contribution in [0.1, 0.15) is 13.8 Å². The predicted octanol–water partition coefficient (Wildman–Crippen LogP) is 2.56. The van der Waals surface area contributed by atoms with Gasteiger partial charge in [0.1, 0.15) is 0 Å². The van der Waals surface area contributed by atoms with Crippen LogP contribution in [0.3, 0.4) is 0 Å². The van der Waals surface area contributed by atoms with E-state index in [1.165, 1.54) is 5.75 Å². The van der Waals surface area contributed by atoms with Crippen LogP contribution in [0.4, 0.5) is 0 Å². The van der Waals surface area contributed by atoms with E-state index < -0.39 is 0 Å². The van der Waals surface area contributed by atoms with Gasteiger partial charge in [0.05, 0.1) is 0 Å². The average Bonchev–Trinajstić information content (AvgIpc) is 1.98. The molecule has 0 N–H and O–H groups in total. The van der Waals surface area contributed by atoms with Gasteiger partial charge in [-0.05, 0) is 6.92 Å². The third-order valence-electron chi connectivity index (χ3n) is 2.39. The zero-order chi connectivity index (χ0) is 9.14. The maximum atomic E-state index is 5.78. The van der Waals surface area contributed by atoms with E-state index in [1.54, 1.807) is 0 Å². The number of halogens is 1. The van der Waals surface area contributed by atoms with E-state index in [2.05, 4.69) is 25.3 Å². The molecule has 2 atom stereocenters. The maximum Gasteiger partial charge on any atom is 0.0339 e. The number of thioether (sulfide) groups is 1. The highest BCUT2D eigenvalue weighted by molar-refractivity contribution is 8.00. The molecule has 12 heavy (non-hydrogen) atoms. The fraction of sp³-hybridized carbons (Fsp3) is 0.778. The van der Waals surface area contributed by atoms with Crippen molar-refractivity contribution in [2.24, 2.45) is 0 Å². The fourth-order valence-electron chi connectivity index (χ4n) is 1.44. The SMILES string of the molecule is C=C(Cl)CN1CCSC(C)C1C. The molecule has 0 spiro atoms. The van der Waals surface area contributed by atoms with Gasteiger partial charge in [-0.3, -0.25) is 4.90 Å². The molecule has 1 fully saturated rings. The lowest BCUT2D eigenvalue weighted by atomic mass is 10.2. The minimum Gasteiger partial charge on any atom is -0.294 e. The predicted molar refractivity (Wildman–Crippen MR) is 57.9 cm³/mol. The van der Waals surface area contributed by atoms with Gasteiger partial charge in [0.2, 0.25) is 0 Å². The highest BCUT2D eigenvalue weighted by Gasteiger charge is 2.24. The maximum absolute atomic E-state index is 5.78. The van der Waals surface area contributed by atoms with E-state index in [1.807, 2.05) is 11.8 Å². The van der Waals surface area contributed by atoms with Crippen LogP contribution in [0.25, 0.3) is 0 Å². The second-order valence-electron chi connectivity index (χ2n) is 3.30.